The highest BCUT2D eigenvalue weighted by Gasteiger charge is 2.31. The summed E-state index contributed by atoms with van der Waals surface area (Å²) >= 11 is 0. The second-order valence-corrected chi connectivity index (χ2v) is 5.40. The van der Waals surface area contributed by atoms with Crippen LogP contribution in [0, 0.1) is 0 Å². The molecule has 2 aromatic carbocycles. The van der Waals surface area contributed by atoms with Gasteiger partial charge in [0.05, 0.1) is 5.56 Å². The molecule has 0 radical (unpaired) electrons. The largest absolute Gasteiger partial charge is 0.416 e. The molecule has 1 nitrogen and oxygen atoms in total. The van der Waals surface area contributed by atoms with E-state index in [0.717, 1.165) is 17.2 Å². The summed E-state index contributed by atoms with van der Waals surface area (Å²) < 4.78 is 38.9. The van der Waals surface area contributed by atoms with Crippen molar-refractivity contribution in [3.8, 4) is 11.1 Å². The minimum atomic E-state index is -4.37. The Bertz CT molecular complexity index is 636. The highest BCUT2D eigenvalue weighted by Crippen LogP contribution is 2.34. The zero-order valence-electron chi connectivity index (χ0n) is 12.4. The molecule has 0 fully saturated rings. The molecule has 2 aromatic rings. The molecule has 0 bridgehead atoms. The number of halogens is 4. The summed E-state index contributed by atoms with van der Waals surface area (Å²) in [6.07, 6.45) is -4.37. The van der Waals surface area contributed by atoms with Crippen molar-refractivity contribution >= 4 is 12.4 Å². The zero-order valence-corrected chi connectivity index (χ0v) is 13.3. The molecule has 0 amide bonds. The van der Waals surface area contributed by atoms with Gasteiger partial charge < -0.3 is 5.73 Å². The van der Waals surface area contributed by atoms with E-state index < -0.39 is 11.7 Å². The average molecular weight is 330 g/mol. The lowest BCUT2D eigenvalue weighted by Gasteiger charge is -2.13. The van der Waals surface area contributed by atoms with Crippen molar-refractivity contribution in [2.24, 2.45) is 5.73 Å². The molecule has 0 aliphatic rings. The first-order valence-corrected chi connectivity index (χ1v) is 6.83. The number of rotatable bonds is 3. The van der Waals surface area contributed by atoms with Gasteiger partial charge in [-0.2, -0.15) is 13.2 Å². The van der Waals surface area contributed by atoms with Gasteiger partial charge in [0, 0.05) is 6.54 Å². The van der Waals surface area contributed by atoms with Gasteiger partial charge in [0.1, 0.15) is 0 Å². The topological polar surface area (TPSA) is 26.0 Å². The fraction of sp³-hybridized carbons (Fsp3) is 0.294. The van der Waals surface area contributed by atoms with Crippen LogP contribution >= 0.6 is 12.4 Å². The Morgan fingerprint density at radius 3 is 2.23 bits per heavy atom. The summed E-state index contributed by atoms with van der Waals surface area (Å²) in [5.41, 5.74) is 7.77. The van der Waals surface area contributed by atoms with E-state index in [-0.39, 0.29) is 19.0 Å². The molecular weight excluding hydrogens is 311 g/mol. The molecule has 0 spiro atoms. The molecule has 22 heavy (non-hydrogen) atoms. The summed E-state index contributed by atoms with van der Waals surface area (Å²) in [6, 6.07) is 11.6. The molecule has 0 unspecified atom stereocenters. The van der Waals surface area contributed by atoms with Crippen molar-refractivity contribution in [3.63, 3.8) is 0 Å². The van der Waals surface area contributed by atoms with E-state index in [4.69, 9.17) is 5.73 Å². The number of alkyl halides is 3. The van der Waals surface area contributed by atoms with E-state index in [2.05, 4.69) is 13.8 Å². The third kappa shape index (κ3) is 4.24. The predicted octanol–water partition coefficient (Wildman–Crippen LogP) is 5.38. The molecule has 0 aliphatic heterocycles. The Labute approximate surface area is 134 Å². The quantitative estimate of drug-likeness (QED) is 0.804. The Balaban J connectivity index is 0.00000242. The van der Waals surface area contributed by atoms with Crippen molar-refractivity contribution in [1.29, 1.82) is 0 Å². The van der Waals surface area contributed by atoms with Crippen LogP contribution in [0.15, 0.2) is 42.5 Å². The maximum absolute atomic E-state index is 13.0. The summed E-state index contributed by atoms with van der Waals surface area (Å²) in [4.78, 5) is 0. The number of benzene rings is 2. The fourth-order valence-electron chi connectivity index (χ4n) is 2.22. The zero-order chi connectivity index (χ0) is 15.6. The van der Waals surface area contributed by atoms with Crippen molar-refractivity contribution in [1.82, 2.24) is 0 Å². The van der Waals surface area contributed by atoms with Crippen molar-refractivity contribution in [2.45, 2.75) is 32.5 Å². The molecule has 0 heterocycles. The predicted molar refractivity (Wildman–Crippen MR) is 86.1 cm³/mol. The van der Waals surface area contributed by atoms with Gasteiger partial charge in [-0.1, -0.05) is 38.1 Å². The van der Waals surface area contributed by atoms with Crippen molar-refractivity contribution in [3.05, 3.63) is 59.2 Å². The van der Waals surface area contributed by atoms with E-state index in [1.807, 2.05) is 24.3 Å². The van der Waals surface area contributed by atoms with Crippen LogP contribution in [0.3, 0.4) is 0 Å². The standard InChI is InChI=1S/C17H18F3N.ClH/c1-11(2)13-4-3-5-14(8-13)15-6-12(10-21)7-16(9-15)17(18,19)20;/h3-9,11H,10,21H2,1-2H3;1H. The Morgan fingerprint density at radius 1 is 1.00 bits per heavy atom. The highest BCUT2D eigenvalue weighted by molar-refractivity contribution is 5.85. The van der Waals surface area contributed by atoms with Crippen LogP contribution in [0.2, 0.25) is 0 Å². The number of hydrogen-bond donors (Lipinski definition) is 1. The van der Waals surface area contributed by atoms with Gasteiger partial charge in [-0.25, -0.2) is 0 Å². The molecule has 0 atom stereocenters. The number of nitrogens with two attached hydrogens (primary N) is 1. The second kappa shape index (κ2) is 7.16. The van der Waals surface area contributed by atoms with Gasteiger partial charge in [0.25, 0.3) is 0 Å². The summed E-state index contributed by atoms with van der Waals surface area (Å²) in [5, 5.41) is 0. The van der Waals surface area contributed by atoms with Crippen LogP contribution in [0.25, 0.3) is 11.1 Å². The highest BCUT2D eigenvalue weighted by atomic mass is 35.5. The molecule has 0 aromatic heterocycles. The first-order chi connectivity index (χ1) is 9.81. The van der Waals surface area contributed by atoms with Gasteiger partial charge >= 0.3 is 6.18 Å². The SMILES string of the molecule is CC(C)c1cccc(-c2cc(CN)cc(C(F)(F)F)c2)c1.Cl. The molecule has 120 valence electrons. The third-order valence-electron chi connectivity index (χ3n) is 3.44. The number of hydrogen-bond acceptors (Lipinski definition) is 1. The van der Waals surface area contributed by atoms with Crippen LogP contribution < -0.4 is 5.73 Å². The Kier molecular flexibility index (Phi) is 6.03. The molecule has 0 aliphatic carbocycles. The van der Waals surface area contributed by atoms with E-state index in [0.29, 0.717) is 17.0 Å². The van der Waals surface area contributed by atoms with E-state index in [1.165, 1.54) is 6.07 Å². The summed E-state index contributed by atoms with van der Waals surface area (Å²) in [7, 11) is 0. The lowest BCUT2D eigenvalue weighted by Crippen LogP contribution is -2.07. The first-order valence-electron chi connectivity index (χ1n) is 6.83. The molecule has 2 N–H and O–H groups in total. The molecule has 0 saturated carbocycles. The first kappa shape index (κ1) is 18.5. The van der Waals surface area contributed by atoms with E-state index >= 15 is 0 Å². The van der Waals surface area contributed by atoms with Crippen LogP contribution in [-0.2, 0) is 12.7 Å². The molecule has 2 rings (SSSR count). The van der Waals surface area contributed by atoms with E-state index in [1.54, 1.807) is 6.07 Å². The van der Waals surface area contributed by atoms with Gasteiger partial charge in [-0.05, 0) is 46.4 Å². The average Bonchev–Trinajstić information content (AvgIpc) is 2.46. The van der Waals surface area contributed by atoms with Crippen molar-refractivity contribution in [2.75, 3.05) is 0 Å². The summed E-state index contributed by atoms with van der Waals surface area (Å²) in [5.74, 6) is 0.324. The Hall–Kier alpha value is -1.52. The third-order valence-corrected chi connectivity index (χ3v) is 3.44. The second-order valence-electron chi connectivity index (χ2n) is 5.40. The lowest BCUT2D eigenvalue weighted by molar-refractivity contribution is -0.137. The normalized spacial score (nSPS) is 11.4. The van der Waals surface area contributed by atoms with Crippen LogP contribution in [-0.4, -0.2) is 0 Å². The molecular formula is C17H19ClF3N. The van der Waals surface area contributed by atoms with Crippen LogP contribution in [0.5, 0.6) is 0 Å². The van der Waals surface area contributed by atoms with Crippen LogP contribution in [0.4, 0.5) is 13.2 Å². The minimum absolute atomic E-state index is 0. The Morgan fingerprint density at radius 2 is 1.68 bits per heavy atom. The maximum atomic E-state index is 13.0. The van der Waals surface area contributed by atoms with Gasteiger partial charge in [-0.3, -0.25) is 0 Å². The maximum Gasteiger partial charge on any atom is 0.416 e. The van der Waals surface area contributed by atoms with Crippen molar-refractivity contribution < 1.29 is 13.2 Å². The van der Waals surface area contributed by atoms with Gasteiger partial charge in [0.15, 0.2) is 0 Å². The summed E-state index contributed by atoms with van der Waals surface area (Å²) in [6.45, 7) is 4.19. The van der Waals surface area contributed by atoms with Crippen LogP contribution in [0.1, 0.15) is 36.5 Å². The van der Waals surface area contributed by atoms with Gasteiger partial charge in [0.2, 0.25) is 0 Å². The molecule has 0 saturated heterocycles. The minimum Gasteiger partial charge on any atom is -0.326 e. The van der Waals surface area contributed by atoms with Gasteiger partial charge in [-0.15, -0.1) is 12.4 Å². The fourth-order valence-corrected chi connectivity index (χ4v) is 2.22. The molecule has 5 heteroatoms. The monoisotopic (exact) mass is 329 g/mol. The van der Waals surface area contributed by atoms with E-state index in [9.17, 15) is 13.2 Å². The smallest absolute Gasteiger partial charge is 0.326 e. The lowest BCUT2D eigenvalue weighted by atomic mass is 9.95.